The van der Waals surface area contributed by atoms with E-state index in [-0.39, 0.29) is 17.7 Å². The van der Waals surface area contributed by atoms with Crippen LogP contribution >= 0.6 is 0 Å². The molecule has 0 bridgehead atoms. The highest BCUT2D eigenvalue weighted by atomic mass is 16.5. The second-order valence-electron chi connectivity index (χ2n) is 7.93. The Morgan fingerprint density at radius 3 is 2.94 bits per heavy atom. The molecule has 5 rings (SSSR count). The maximum Gasteiger partial charge on any atom is 0.317 e. The standard InChI is InChI=1S/C22H25N5O4/c1-30-15-6-4-14(5-7-15)18-11-20-24-19-13-26(9-8-17(19)21(28)27(20)25-18)22(29)23-12-16-3-2-10-31-16/h4-7,11,16,25H,2-3,8-10,12-13H2,1H3,(H,23,29)/t16-/m0/s1. The number of amides is 2. The smallest absolute Gasteiger partial charge is 0.317 e. The van der Waals surface area contributed by atoms with Crippen molar-refractivity contribution in [2.45, 2.75) is 31.9 Å². The number of H-pyrrole nitrogens is 1. The molecular weight excluding hydrogens is 398 g/mol. The number of methoxy groups -OCH3 is 1. The fraction of sp³-hybridized carbons (Fsp3) is 0.409. The first kappa shape index (κ1) is 19.6. The highest BCUT2D eigenvalue weighted by Gasteiger charge is 2.26. The van der Waals surface area contributed by atoms with Crippen molar-refractivity contribution in [3.63, 3.8) is 0 Å². The van der Waals surface area contributed by atoms with Crippen molar-refractivity contribution < 1.29 is 14.3 Å². The van der Waals surface area contributed by atoms with Crippen molar-refractivity contribution in [1.29, 1.82) is 0 Å². The molecule has 4 heterocycles. The number of fused-ring (bicyclic) bond motifs is 2. The molecule has 0 radical (unpaired) electrons. The second kappa shape index (κ2) is 8.07. The fourth-order valence-corrected chi connectivity index (χ4v) is 4.20. The van der Waals surface area contributed by atoms with Gasteiger partial charge >= 0.3 is 6.03 Å². The summed E-state index contributed by atoms with van der Waals surface area (Å²) in [7, 11) is 1.62. The number of aromatic amines is 1. The van der Waals surface area contributed by atoms with Crippen LogP contribution in [0.2, 0.25) is 0 Å². The van der Waals surface area contributed by atoms with Gasteiger partial charge in [0.15, 0.2) is 5.65 Å². The van der Waals surface area contributed by atoms with Gasteiger partial charge in [-0.3, -0.25) is 9.89 Å². The highest BCUT2D eigenvalue weighted by molar-refractivity contribution is 5.74. The fourth-order valence-electron chi connectivity index (χ4n) is 4.20. The molecule has 1 atom stereocenters. The van der Waals surface area contributed by atoms with Gasteiger partial charge in [-0.15, -0.1) is 0 Å². The van der Waals surface area contributed by atoms with E-state index in [4.69, 9.17) is 9.47 Å². The van der Waals surface area contributed by atoms with Crippen LogP contribution in [0.25, 0.3) is 16.9 Å². The van der Waals surface area contributed by atoms with E-state index in [9.17, 15) is 9.59 Å². The lowest BCUT2D eigenvalue weighted by atomic mass is 10.1. The number of carbonyl (C=O) groups excluding carboxylic acids is 1. The number of hydrogen-bond acceptors (Lipinski definition) is 5. The summed E-state index contributed by atoms with van der Waals surface area (Å²) in [4.78, 5) is 32.0. The van der Waals surface area contributed by atoms with Gasteiger partial charge in [0.2, 0.25) is 0 Å². The average molecular weight is 423 g/mol. The van der Waals surface area contributed by atoms with Crippen LogP contribution in [-0.2, 0) is 17.7 Å². The Labute approximate surface area is 179 Å². The Balaban J connectivity index is 1.37. The largest absolute Gasteiger partial charge is 0.497 e. The molecule has 2 N–H and O–H groups in total. The molecule has 0 unspecified atom stereocenters. The molecule has 0 spiro atoms. The minimum absolute atomic E-state index is 0.0969. The number of nitrogens with one attached hydrogen (secondary N) is 2. The number of carbonyl (C=O) groups is 1. The van der Waals surface area contributed by atoms with E-state index in [2.05, 4.69) is 15.4 Å². The molecule has 0 saturated carbocycles. The number of hydrogen-bond donors (Lipinski definition) is 2. The van der Waals surface area contributed by atoms with Crippen molar-refractivity contribution in [1.82, 2.24) is 24.8 Å². The molecule has 2 aliphatic rings. The first-order valence-corrected chi connectivity index (χ1v) is 10.5. The zero-order valence-electron chi connectivity index (χ0n) is 17.4. The lowest BCUT2D eigenvalue weighted by molar-refractivity contribution is 0.108. The lowest BCUT2D eigenvalue weighted by Gasteiger charge is -2.28. The van der Waals surface area contributed by atoms with E-state index < -0.39 is 0 Å². The summed E-state index contributed by atoms with van der Waals surface area (Å²) < 4.78 is 12.2. The molecule has 9 nitrogen and oxygen atoms in total. The topological polar surface area (TPSA) is 101 Å². The Morgan fingerprint density at radius 1 is 1.35 bits per heavy atom. The molecule has 2 aromatic heterocycles. The number of nitrogens with zero attached hydrogens (tertiary/aromatic N) is 3. The minimum atomic E-state index is -0.142. The van der Waals surface area contributed by atoms with Gasteiger partial charge < -0.3 is 19.7 Å². The van der Waals surface area contributed by atoms with Crippen LogP contribution in [0.3, 0.4) is 0 Å². The summed E-state index contributed by atoms with van der Waals surface area (Å²) in [6.45, 7) is 2.08. The summed E-state index contributed by atoms with van der Waals surface area (Å²) in [5.74, 6) is 0.767. The van der Waals surface area contributed by atoms with Gasteiger partial charge in [-0.25, -0.2) is 14.3 Å². The maximum absolute atomic E-state index is 13.0. The van der Waals surface area contributed by atoms with Gasteiger partial charge in [-0.1, -0.05) is 0 Å². The van der Waals surface area contributed by atoms with Crippen LogP contribution in [-0.4, -0.2) is 58.4 Å². The predicted molar refractivity (Wildman–Crippen MR) is 114 cm³/mol. The van der Waals surface area contributed by atoms with Gasteiger partial charge in [-0.2, -0.15) is 0 Å². The molecular formula is C22H25N5O4. The van der Waals surface area contributed by atoms with Crippen molar-refractivity contribution in [3.05, 3.63) is 51.9 Å². The first-order chi connectivity index (χ1) is 15.1. The van der Waals surface area contributed by atoms with Gasteiger partial charge in [0, 0.05) is 31.3 Å². The molecule has 9 heteroatoms. The SMILES string of the molecule is COc1ccc(-c2cc3nc4c(c(=O)n3[nH]2)CCN(C(=O)NC[C@@H]2CCCO2)C4)cc1. The minimum Gasteiger partial charge on any atom is -0.497 e. The third-order valence-electron chi connectivity index (χ3n) is 5.96. The van der Waals surface area contributed by atoms with Crippen molar-refractivity contribution in [2.24, 2.45) is 0 Å². The van der Waals surface area contributed by atoms with Gasteiger partial charge in [-0.05, 0) is 49.1 Å². The summed E-state index contributed by atoms with van der Waals surface area (Å²) in [6.07, 6.45) is 2.59. The summed E-state index contributed by atoms with van der Waals surface area (Å²) >= 11 is 0. The Kier molecular flexibility index (Phi) is 5.11. The molecule has 2 aliphatic heterocycles. The lowest BCUT2D eigenvalue weighted by Crippen LogP contribution is -2.46. The Hall–Kier alpha value is -3.33. The molecule has 162 valence electrons. The normalized spacial score (nSPS) is 18.2. The summed E-state index contributed by atoms with van der Waals surface area (Å²) in [6, 6.07) is 9.30. The Bertz CT molecular complexity index is 1160. The zero-order chi connectivity index (χ0) is 21.4. The average Bonchev–Trinajstić information content (AvgIpc) is 3.47. The molecule has 1 fully saturated rings. The zero-order valence-corrected chi connectivity index (χ0v) is 17.4. The van der Waals surface area contributed by atoms with Crippen LogP contribution in [0.4, 0.5) is 4.79 Å². The highest BCUT2D eigenvalue weighted by Crippen LogP contribution is 2.23. The maximum atomic E-state index is 13.0. The quantitative estimate of drug-likeness (QED) is 0.668. The first-order valence-electron chi connectivity index (χ1n) is 10.5. The summed E-state index contributed by atoms with van der Waals surface area (Å²) in [5.41, 5.74) is 3.46. The number of ether oxygens (including phenoxy) is 2. The van der Waals surface area contributed by atoms with Crippen LogP contribution in [0, 0.1) is 0 Å². The molecule has 1 saturated heterocycles. The number of urea groups is 1. The van der Waals surface area contributed by atoms with E-state index in [1.165, 1.54) is 4.52 Å². The van der Waals surface area contributed by atoms with Crippen molar-refractivity contribution in [2.75, 3.05) is 26.8 Å². The second-order valence-corrected chi connectivity index (χ2v) is 7.93. The number of benzene rings is 1. The van der Waals surface area contributed by atoms with Gasteiger partial charge in [0.1, 0.15) is 5.75 Å². The Morgan fingerprint density at radius 2 is 2.19 bits per heavy atom. The monoisotopic (exact) mass is 423 g/mol. The van der Waals surface area contributed by atoms with Crippen molar-refractivity contribution >= 4 is 11.7 Å². The predicted octanol–water partition coefficient (Wildman–Crippen LogP) is 1.94. The van der Waals surface area contributed by atoms with E-state index in [0.29, 0.717) is 43.0 Å². The van der Waals surface area contributed by atoms with E-state index in [1.807, 2.05) is 30.3 Å². The van der Waals surface area contributed by atoms with Crippen LogP contribution in [0.5, 0.6) is 5.75 Å². The van der Waals surface area contributed by atoms with E-state index >= 15 is 0 Å². The molecule has 2 amide bonds. The van der Waals surface area contributed by atoms with Gasteiger partial charge in [0.25, 0.3) is 5.56 Å². The van der Waals surface area contributed by atoms with Crippen molar-refractivity contribution in [3.8, 4) is 17.0 Å². The molecule has 31 heavy (non-hydrogen) atoms. The molecule has 0 aliphatic carbocycles. The van der Waals surface area contributed by atoms with E-state index in [1.54, 1.807) is 12.0 Å². The number of rotatable bonds is 4. The number of aromatic nitrogens is 3. The van der Waals surface area contributed by atoms with Crippen LogP contribution in [0.1, 0.15) is 24.1 Å². The molecule has 1 aromatic carbocycles. The summed E-state index contributed by atoms with van der Waals surface area (Å²) in [5, 5.41) is 6.09. The van der Waals surface area contributed by atoms with Crippen LogP contribution < -0.4 is 15.6 Å². The third-order valence-corrected chi connectivity index (χ3v) is 5.96. The van der Waals surface area contributed by atoms with Gasteiger partial charge in [0.05, 0.1) is 31.1 Å². The van der Waals surface area contributed by atoms with Crippen LogP contribution in [0.15, 0.2) is 35.1 Å². The van der Waals surface area contributed by atoms with E-state index in [0.717, 1.165) is 36.5 Å². The molecule has 3 aromatic rings. The third kappa shape index (κ3) is 3.76.